The van der Waals surface area contributed by atoms with Crippen molar-refractivity contribution in [3.8, 4) is 0 Å². The predicted octanol–water partition coefficient (Wildman–Crippen LogP) is 1.74. The molecule has 1 amide bonds. The van der Waals surface area contributed by atoms with E-state index in [2.05, 4.69) is 22.0 Å². The van der Waals surface area contributed by atoms with Crippen LogP contribution < -0.4 is 0 Å². The Morgan fingerprint density at radius 2 is 1.96 bits per heavy atom. The Bertz CT molecular complexity index is 772. The summed E-state index contributed by atoms with van der Waals surface area (Å²) in [5.74, 6) is 0.431. The molecule has 3 aliphatic rings. The van der Waals surface area contributed by atoms with Gasteiger partial charge in [-0.25, -0.2) is 8.42 Å². The van der Waals surface area contributed by atoms with Gasteiger partial charge in [-0.15, -0.1) is 0 Å². The van der Waals surface area contributed by atoms with Crippen LogP contribution in [-0.4, -0.2) is 53.7 Å². The highest BCUT2D eigenvalue weighted by molar-refractivity contribution is 8.15. The van der Waals surface area contributed by atoms with Gasteiger partial charge in [0.15, 0.2) is 15.0 Å². The quantitative estimate of drug-likeness (QED) is 0.814. The Hall–Kier alpha value is -1.34. The van der Waals surface area contributed by atoms with Gasteiger partial charge in [0.25, 0.3) is 5.91 Å². The third-order valence-corrected chi connectivity index (χ3v) is 8.04. The third kappa shape index (κ3) is 3.37. The summed E-state index contributed by atoms with van der Waals surface area (Å²) in [6, 6.07) is 10.1. The number of benzene rings is 1. The first kappa shape index (κ1) is 16.1. The summed E-state index contributed by atoms with van der Waals surface area (Å²) in [6.07, 6.45) is 2.69. The standard InChI is InChI=1S/C17H20N2O3S2/c20-16(13-6-7-13)18-17-19(9-8-12-4-2-1-3-5-12)14-10-24(21,22)11-15(14)23-17/h1-5,13-15H,6-11H2/t14-,15+/m0/s1. The van der Waals surface area contributed by atoms with Crippen molar-refractivity contribution in [2.45, 2.75) is 30.6 Å². The van der Waals surface area contributed by atoms with Crippen molar-refractivity contribution in [2.24, 2.45) is 10.9 Å². The lowest BCUT2D eigenvalue weighted by Crippen LogP contribution is -2.39. The number of carbonyl (C=O) groups excluding carboxylic acids is 1. The maximum absolute atomic E-state index is 12.1. The van der Waals surface area contributed by atoms with Crippen LogP contribution in [0.5, 0.6) is 0 Å². The molecule has 2 aliphatic heterocycles. The second-order valence-electron chi connectivity index (χ2n) is 6.74. The fourth-order valence-electron chi connectivity index (χ4n) is 3.31. The Balaban J connectivity index is 1.54. The lowest BCUT2D eigenvalue weighted by atomic mass is 10.1. The molecule has 0 N–H and O–H groups in total. The van der Waals surface area contributed by atoms with E-state index in [4.69, 9.17) is 0 Å². The molecule has 1 aromatic rings. The highest BCUT2D eigenvalue weighted by atomic mass is 32.2. The summed E-state index contributed by atoms with van der Waals surface area (Å²) in [4.78, 5) is 18.5. The predicted molar refractivity (Wildman–Crippen MR) is 95.8 cm³/mol. The number of nitrogens with zero attached hydrogens (tertiary/aromatic N) is 2. The minimum Gasteiger partial charge on any atom is -0.346 e. The molecule has 2 heterocycles. The fraction of sp³-hybridized carbons (Fsp3) is 0.529. The number of fused-ring (bicyclic) bond motifs is 1. The van der Waals surface area contributed by atoms with Crippen LogP contribution in [-0.2, 0) is 21.1 Å². The Kier molecular flexibility index (Phi) is 4.16. The first-order valence-corrected chi connectivity index (χ1v) is 11.0. The Morgan fingerprint density at radius 1 is 1.21 bits per heavy atom. The molecule has 1 aliphatic carbocycles. The molecule has 0 spiro atoms. The number of thioether (sulfide) groups is 1. The molecule has 0 aromatic heterocycles. The SMILES string of the molecule is O=C(N=C1S[C@@H]2CS(=O)(=O)C[C@@H]2N1CCc1ccccc1)C1CC1. The summed E-state index contributed by atoms with van der Waals surface area (Å²) in [5.41, 5.74) is 1.21. The van der Waals surface area contributed by atoms with Gasteiger partial charge in [-0.1, -0.05) is 42.1 Å². The van der Waals surface area contributed by atoms with E-state index in [-0.39, 0.29) is 34.6 Å². The number of aliphatic imine (C=N–C) groups is 1. The molecule has 128 valence electrons. The number of amides is 1. The minimum atomic E-state index is -2.98. The van der Waals surface area contributed by atoms with E-state index in [0.29, 0.717) is 6.54 Å². The summed E-state index contributed by atoms with van der Waals surface area (Å²) in [5, 5.41) is 0.740. The van der Waals surface area contributed by atoms with Gasteiger partial charge < -0.3 is 4.90 Å². The molecule has 1 aromatic carbocycles. The Morgan fingerprint density at radius 3 is 2.67 bits per heavy atom. The average molecular weight is 364 g/mol. The number of carbonyl (C=O) groups is 1. The van der Waals surface area contributed by atoms with Crippen LogP contribution in [0.1, 0.15) is 18.4 Å². The highest BCUT2D eigenvalue weighted by Crippen LogP contribution is 2.39. The molecule has 0 bridgehead atoms. The lowest BCUT2D eigenvalue weighted by molar-refractivity contribution is -0.118. The van der Waals surface area contributed by atoms with Gasteiger partial charge in [0.1, 0.15) is 0 Å². The first-order valence-electron chi connectivity index (χ1n) is 8.32. The van der Waals surface area contributed by atoms with Crippen molar-refractivity contribution >= 4 is 32.7 Å². The van der Waals surface area contributed by atoms with Gasteiger partial charge in [-0.05, 0) is 24.8 Å². The third-order valence-electron chi connectivity index (χ3n) is 4.79. The number of rotatable bonds is 4. The summed E-state index contributed by atoms with van der Waals surface area (Å²) in [7, 11) is -2.98. The van der Waals surface area contributed by atoms with Gasteiger partial charge in [0, 0.05) is 17.7 Å². The van der Waals surface area contributed by atoms with Crippen molar-refractivity contribution in [3.05, 3.63) is 35.9 Å². The van der Waals surface area contributed by atoms with Crippen LogP contribution in [0, 0.1) is 5.92 Å². The zero-order chi connectivity index (χ0) is 16.7. The second kappa shape index (κ2) is 6.19. The molecule has 2 saturated heterocycles. The Labute approximate surface area is 146 Å². The molecule has 3 fully saturated rings. The van der Waals surface area contributed by atoms with Gasteiger partial charge in [-0.2, -0.15) is 4.99 Å². The summed E-state index contributed by atoms with van der Waals surface area (Å²) in [6.45, 7) is 0.699. The highest BCUT2D eigenvalue weighted by Gasteiger charge is 2.48. The minimum absolute atomic E-state index is 0.0107. The van der Waals surface area contributed by atoms with Crippen LogP contribution in [0.15, 0.2) is 35.3 Å². The van der Waals surface area contributed by atoms with E-state index >= 15 is 0 Å². The van der Waals surface area contributed by atoms with Gasteiger partial charge >= 0.3 is 0 Å². The lowest BCUT2D eigenvalue weighted by Gasteiger charge is -2.24. The summed E-state index contributed by atoms with van der Waals surface area (Å²) < 4.78 is 23.9. The molecular formula is C17H20N2O3S2. The molecule has 1 saturated carbocycles. The molecule has 0 unspecified atom stereocenters. The van der Waals surface area contributed by atoms with Gasteiger partial charge in [-0.3, -0.25) is 4.79 Å². The van der Waals surface area contributed by atoms with Crippen LogP contribution >= 0.6 is 11.8 Å². The van der Waals surface area contributed by atoms with E-state index < -0.39 is 9.84 Å². The molecule has 0 radical (unpaired) electrons. The van der Waals surface area contributed by atoms with Crippen molar-refractivity contribution in [1.82, 2.24) is 4.90 Å². The van der Waals surface area contributed by atoms with E-state index in [1.807, 2.05) is 18.2 Å². The molecule has 5 nitrogen and oxygen atoms in total. The molecule has 24 heavy (non-hydrogen) atoms. The van der Waals surface area contributed by atoms with Crippen LogP contribution in [0.25, 0.3) is 0 Å². The maximum atomic E-state index is 12.1. The largest absolute Gasteiger partial charge is 0.346 e. The van der Waals surface area contributed by atoms with Crippen LogP contribution in [0.4, 0.5) is 0 Å². The van der Waals surface area contributed by atoms with Gasteiger partial charge in [0.2, 0.25) is 0 Å². The average Bonchev–Trinajstić information content (AvgIpc) is 3.29. The van der Waals surface area contributed by atoms with E-state index in [0.717, 1.165) is 24.4 Å². The van der Waals surface area contributed by atoms with Crippen LogP contribution in [0.3, 0.4) is 0 Å². The smallest absolute Gasteiger partial charge is 0.251 e. The zero-order valence-corrected chi connectivity index (χ0v) is 14.9. The zero-order valence-electron chi connectivity index (χ0n) is 13.3. The maximum Gasteiger partial charge on any atom is 0.251 e. The number of sulfone groups is 1. The first-order chi connectivity index (χ1) is 11.5. The topological polar surface area (TPSA) is 66.8 Å². The van der Waals surface area contributed by atoms with Crippen molar-refractivity contribution in [3.63, 3.8) is 0 Å². The van der Waals surface area contributed by atoms with Crippen molar-refractivity contribution in [1.29, 1.82) is 0 Å². The van der Waals surface area contributed by atoms with Crippen LogP contribution in [0.2, 0.25) is 0 Å². The molecular weight excluding hydrogens is 344 g/mol. The molecule has 7 heteroatoms. The van der Waals surface area contributed by atoms with E-state index in [1.165, 1.54) is 17.3 Å². The van der Waals surface area contributed by atoms with Crippen molar-refractivity contribution in [2.75, 3.05) is 18.1 Å². The second-order valence-corrected chi connectivity index (χ2v) is 10.1. The van der Waals surface area contributed by atoms with Crippen molar-refractivity contribution < 1.29 is 13.2 Å². The molecule has 4 rings (SSSR count). The number of amidine groups is 1. The van der Waals surface area contributed by atoms with E-state index in [1.54, 1.807) is 0 Å². The number of hydrogen-bond donors (Lipinski definition) is 0. The van der Waals surface area contributed by atoms with E-state index in [9.17, 15) is 13.2 Å². The normalized spacial score (nSPS) is 29.8. The summed E-state index contributed by atoms with van der Waals surface area (Å²) >= 11 is 1.48. The van der Waals surface area contributed by atoms with Gasteiger partial charge in [0.05, 0.1) is 17.5 Å². The molecule has 2 atom stereocenters. The monoisotopic (exact) mass is 364 g/mol. The number of hydrogen-bond acceptors (Lipinski definition) is 4. The fourth-order valence-corrected chi connectivity index (χ4v) is 7.29.